The molecule has 0 unspecified atom stereocenters. The zero-order chi connectivity index (χ0) is 13.6. The molecule has 0 bridgehead atoms. The average Bonchev–Trinajstić information content (AvgIpc) is 2.78. The van der Waals surface area contributed by atoms with Gasteiger partial charge >= 0.3 is 0 Å². The summed E-state index contributed by atoms with van der Waals surface area (Å²) in [6.07, 6.45) is 2.41. The topological polar surface area (TPSA) is 16.1 Å². The maximum atomic E-state index is 6.04. The van der Waals surface area contributed by atoms with Gasteiger partial charge in [0.2, 0.25) is 0 Å². The molecule has 0 N–H and O–H groups in total. The Morgan fingerprint density at radius 3 is 2.63 bits per heavy atom. The van der Waals surface area contributed by atoms with E-state index in [9.17, 15) is 0 Å². The van der Waals surface area contributed by atoms with Crippen molar-refractivity contribution in [3.63, 3.8) is 0 Å². The van der Waals surface area contributed by atoms with E-state index in [1.165, 1.54) is 22.5 Å². The number of hydrogen-bond acceptors (Lipinski definition) is 3. The highest BCUT2D eigenvalue weighted by Crippen LogP contribution is 2.38. The van der Waals surface area contributed by atoms with Gasteiger partial charge in [-0.2, -0.15) is 0 Å². The number of piperidine rings is 1. The lowest BCUT2D eigenvalue weighted by molar-refractivity contribution is 0.122. The van der Waals surface area contributed by atoms with Crippen LogP contribution in [-0.4, -0.2) is 29.0 Å². The van der Waals surface area contributed by atoms with Crippen molar-refractivity contribution in [3.05, 3.63) is 28.2 Å². The number of nitrogens with zero attached hydrogens (tertiary/aromatic N) is 2. The SMILES string of the molecule is C[C@@H]1C[C@H](c2nc3cc(Cl)ccc3s2)C[C@H](C)N1C. The third kappa shape index (κ3) is 2.51. The van der Waals surface area contributed by atoms with Crippen LogP contribution in [0, 0.1) is 0 Å². The van der Waals surface area contributed by atoms with E-state index in [2.05, 4.69) is 31.9 Å². The number of fused-ring (bicyclic) bond motifs is 1. The van der Waals surface area contributed by atoms with Crippen molar-refractivity contribution in [2.75, 3.05) is 7.05 Å². The first-order valence-electron chi connectivity index (χ1n) is 6.82. The number of hydrogen-bond donors (Lipinski definition) is 0. The van der Waals surface area contributed by atoms with Crippen LogP contribution in [-0.2, 0) is 0 Å². The van der Waals surface area contributed by atoms with Gasteiger partial charge in [0.25, 0.3) is 0 Å². The summed E-state index contributed by atoms with van der Waals surface area (Å²) < 4.78 is 1.25. The Morgan fingerprint density at radius 2 is 1.95 bits per heavy atom. The second-order valence-electron chi connectivity index (χ2n) is 5.70. The molecule has 1 saturated heterocycles. The number of halogens is 1. The third-order valence-electron chi connectivity index (χ3n) is 4.36. The molecule has 1 aliphatic rings. The number of likely N-dealkylation sites (tertiary alicyclic amines) is 1. The minimum absolute atomic E-state index is 0.595. The molecule has 2 nitrogen and oxygen atoms in total. The van der Waals surface area contributed by atoms with Crippen LogP contribution in [0.3, 0.4) is 0 Å². The molecular formula is C15H19ClN2S. The molecule has 102 valence electrons. The number of rotatable bonds is 1. The molecule has 0 spiro atoms. The molecule has 19 heavy (non-hydrogen) atoms. The van der Waals surface area contributed by atoms with Crippen LogP contribution in [0.15, 0.2) is 18.2 Å². The van der Waals surface area contributed by atoms with Crippen molar-refractivity contribution in [1.82, 2.24) is 9.88 Å². The van der Waals surface area contributed by atoms with Gasteiger partial charge in [0.1, 0.15) is 0 Å². The van der Waals surface area contributed by atoms with Gasteiger partial charge < -0.3 is 4.90 Å². The fraction of sp³-hybridized carbons (Fsp3) is 0.533. The molecule has 1 aromatic carbocycles. The second-order valence-corrected chi connectivity index (χ2v) is 7.19. The Kier molecular flexibility index (Phi) is 3.54. The Bertz CT molecular complexity index is 583. The number of benzene rings is 1. The quantitative estimate of drug-likeness (QED) is 0.768. The van der Waals surface area contributed by atoms with E-state index >= 15 is 0 Å². The van der Waals surface area contributed by atoms with Crippen LogP contribution in [0.25, 0.3) is 10.2 Å². The lowest BCUT2D eigenvalue weighted by atomic mass is 9.88. The summed E-state index contributed by atoms with van der Waals surface area (Å²) in [5.41, 5.74) is 1.05. The molecule has 0 saturated carbocycles. The van der Waals surface area contributed by atoms with Gasteiger partial charge in [-0.1, -0.05) is 11.6 Å². The van der Waals surface area contributed by atoms with Crippen LogP contribution >= 0.6 is 22.9 Å². The van der Waals surface area contributed by atoms with Gasteiger partial charge in [-0.25, -0.2) is 4.98 Å². The zero-order valence-corrected chi connectivity index (χ0v) is 13.1. The smallest absolute Gasteiger partial charge is 0.0970 e. The van der Waals surface area contributed by atoms with Crippen molar-refractivity contribution < 1.29 is 0 Å². The predicted octanol–water partition coefficient (Wildman–Crippen LogP) is 4.54. The van der Waals surface area contributed by atoms with Crippen LogP contribution < -0.4 is 0 Å². The summed E-state index contributed by atoms with van der Waals surface area (Å²) in [5.74, 6) is 0.595. The monoisotopic (exact) mass is 294 g/mol. The first kappa shape index (κ1) is 13.3. The van der Waals surface area contributed by atoms with Crippen LogP contribution in [0.2, 0.25) is 5.02 Å². The first-order chi connectivity index (χ1) is 9.04. The molecule has 2 aromatic rings. The van der Waals surface area contributed by atoms with Crippen molar-refractivity contribution in [1.29, 1.82) is 0 Å². The standard InChI is InChI=1S/C15H19ClN2S/c1-9-6-11(7-10(2)18(9)3)15-17-13-8-12(16)4-5-14(13)19-15/h4-5,8-11H,6-7H2,1-3H3/t9-,10+,11+. The van der Waals surface area contributed by atoms with Gasteiger partial charge in [0, 0.05) is 23.0 Å². The van der Waals surface area contributed by atoms with E-state index < -0.39 is 0 Å². The molecule has 1 fully saturated rings. The van der Waals surface area contributed by atoms with Gasteiger partial charge in [-0.05, 0) is 51.9 Å². The van der Waals surface area contributed by atoms with E-state index in [1.54, 1.807) is 0 Å². The Labute approximate surface area is 123 Å². The molecule has 0 radical (unpaired) electrons. The number of thiazole rings is 1. The van der Waals surface area contributed by atoms with Crippen LogP contribution in [0.4, 0.5) is 0 Å². The maximum Gasteiger partial charge on any atom is 0.0970 e. The normalized spacial score (nSPS) is 28.9. The predicted molar refractivity (Wildman–Crippen MR) is 83.3 cm³/mol. The Balaban J connectivity index is 1.92. The summed E-state index contributed by atoms with van der Waals surface area (Å²) in [7, 11) is 2.23. The number of aromatic nitrogens is 1. The molecule has 4 heteroatoms. The maximum absolute atomic E-state index is 6.04. The molecular weight excluding hydrogens is 276 g/mol. The summed E-state index contributed by atoms with van der Waals surface area (Å²) in [5, 5.41) is 2.05. The molecule has 0 aliphatic carbocycles. The van der Waals surface area contributed by atoms with E-state index in [-0.39, 0.29) is 0 Å². The van der Waals surface area contributed by atoms with E-state index in [4.69, 9.17) is 16.6 Å². The molecule has 2 heterocycles. The van der Waals surface area contributed by atoms with Gasteiger partial charge in [-0.15, -0.1) is 11.3 Å². The lowest BCUT2D eigenvalue weighted by Crippen LogP contribution is -2.43. The summed E-state index contributed by atoms with van der Waals surface area (Å²) in [6, 6.07) is 7.26. The summed E-state index contributed by atoms with van der Waals surface area (Å²) >= 11 is 7.87. The highest BCUT2D eigenvalue weighted by atomic mass is 35.5. The van der Waals surface area contributed by atoms with Crippen molar-refractivity contribution in [2.45, 2.75) is 44.7 Å². The highest BCUT2D eigenvalue weighted by Gasteiger charge is 2.30. The van der Waals surface area contributed by atoms with Crippen LogP contribution in [0.5, 0.6) is 0 Å². The highest BCUT2D eigenvalue weighted by molar-refractivity contribution is 7.18. The second kappa shape index (κ2) is 5.04. The van der Waals surface area contributed by atoms with Crippen molar-refractivity contribution in [2.24, 2.45) is 0 Å². The average molecular weight is 295 g/mol. The van der Waals surface area contributed by atoms with E-state index in [0.717, 1.165) is 10.5 Å². The summed E-state index contributed by atoms with van der Waals surface area (Å²) in [6.45, 7) is 4.62. The lowest BCUT2D eigenvalue weighted by Gasteiger charge is -2.39. The minimum atomic E-state index is 0.595. The van der Waals surface area contributed by atoms with Gasteiger partial charge in [0.05, 0.1) is 15.2 Å². The fourth-order valence-corrected chi connectivity index (χ4v) is 4.22. The largest absolute Gasteiger partial charge is 0.301 e. The van der Waals surface area contributed by atoms with Crippen LogP contribution in [0.1, 0.15) is 37.6 Å². The van der Waals surface area contributed by atoms with Gasteiger partial charge in [-0.3, -0.25) is 0 Å². The first-order valence-corrected chi connectivity index (χ1v) is 8.02. The molecule has 3 atom stereocenters. The molecule has 0 amide bonds. The van der Waals surface area contributed by atoms with E-state index in [0.29, 0.717) is 18.0 Å². The van der Waals surface area contributed by atoms with Gasteiger partial charge in [0.15, 0.2) is 0 Å². The Hall–Kier alpha value is -0.640. The molecule has 1 aliphatic heterocycles. The van der Waals surface area contributed by atoms with E-state index in [1.807, 2.05) is 23.5 Å². The van der Waals surface area contributed by atoms with Crippen molar-refractivity contribution in [3.8, 4) is 0 Å². The van der Waals surface area contributed by atoms with Crippen molar-refractivity contribution >= 4 is 33.2 Å². The minimum Gasteiger partial charge on any atom is -0.301 e. The summed E-state index contributed by atoms with van der Waals surface area (Å²) in [4.78, 5) is 7.28. The Morgan fingerprint density at radius 1 is 1.26 bits per heavy atom. The molecule has 1 aromatic heterocycles. The molecule has 3 rings (SSSR count). The fourth-order valence-electron chi connectivity index (χ4n) is 2.98. The zero-order valence-electron chi connectivity index (χ0n) is 11.6. The third-order valence-corrected chi connectivity index (χ3v) is 5.79.